The lowest BCUT2D eigenvalue weighted by molar-refractivity contribution is 0.236. The van der Waals surface area contributed by atoms with Gasteiger partial charge in [0.1, 0.15) is 0 Å². The monoisotopic (exact) mass is 192 g/mol. The van der Waals surface area contributed by atoms with Crippen molar-refractivity contribution in [1.82, 2.24) is 5.32 Å². The van der Waals surface area contributed by atoms with Gasteiger partial charge in [-0.05, 0) is 50.6 Å². The molecule has 1 saturated heterocycles. The van der Waals surface area contributed by atoms with Crippen LogP contribution in [0.5, 0.6) is 0 Å². The van der Waals surface area contributed by atoms with Crippen LogP contribution < -0.4 is 5.32 Å². The van der Waals surface area contributed by atoms with Gasteiger partial charge in [0.25, 0.3) is 0 Å². The molecule has 2 heteroatoms. The van der Waals surface area contributed by atoms with E-state index in [9.17, 15) is 5.26 Å². The van der Waals surface area contributed by atoms with Gasteiger partial charge in [0.15, 0.2) is 0 Å². The number of nitriles is 1. The summed E-state index contributed by atoms with van der Waals surface area (Å²) in [5.41, 5.74) is 0. The van der Waals surface area contributed by atoms with Gasteiger partial charge in [-0.1, -0.05) is 12.8 Å². The molecule has 0 aromatic rings. The van der Waals surface area contributed by atoms with Crippen LogP contribution in [-0.4, -0.2) is 13.1 Å². The van der Waals surface area contributed by atoms with Crippen LogP contribution in [-0.2, 0) is 0 Å². The molecule has 2 fully saturated rings. The van der Waals surface area contributed by atoms with Gasteiger partial charge < -0.3 is 5.32 Å². The van der Waals surface area contributed by atoms with Crippen LogP contribution in [0.2, 0.25) is 0 Å². The van der Waals surface area contributed by atoms with Gasteiger partial charge in [0, 0.05) is 0 Å². The number of nitrogens with zero attached hydrogens (tertiary/aromatic N) is 1. The normalized spacial score (nSPS) is 27.4. The molecule has 0 aromatic carbocycles. The fraction of sp³-hybridized carbons (Fsp3) is 0.917. The maximum absolute atomic E-state index is 9.27. The summed E-state index contributed by atoms with van der Waals surface area (Å²) < 4.78 is 0. The van der Waals surface area contributed by atoms with E-state index in [-0.39, 0.29) is 0 Å². The SMILES string of the molecule is N#CC(C1CCCC1)C1CCNCC1. The molecule has 1 saturated carbocycles. The van der Waals surface area contributed by atoms with Gasteiger partial charge in [-0.2, -0.15) is 5.26 Å². The van der Waals surface area contributed by atoms with Crippen molar-refractivity contribution < 1.29 is 0 Å². The molecule has 78 valence electrons. The van der Waals surface area contributed by atoms with Gasteiger partial charge in [-0.3, -0.25) is 0 Å². The number of hydrogen-bond acceptors (Lipinski definition) is 2. The Hall–Kier alpha value is -0.550. The molecule has 0 radical (unpaired) electrons. The van der Waals surface area contributed by atoms with Crippen molar-refractivity contribution in [1.29, 1.82) is 5.26 Å². The van der Waals surface area contributed by atoms with Crippen LogP contribution in [0, 0.1) is 29.1 Å². The van der Waals surface area contributed by atoms with Crippen molar-refractivity contribution in [2.45, 2.75) is 38.5 Å². The molecule has 2 aliphatic rings. The van der Waals surface area contributed by atoms with Crippen LogP contribution in [0.25, 0.3) is 0 Å². The number of nitrogens with one attached hydrogen (secondary N) is 1. The van der Waals surface area contributed by atoms with Crippen molar-refractivity contribution in [2.24, 2.45) is 17.8 Å². The zero-order valence-electron chi connectivity index (χ0n) is 8.84. The molecule has 2 rings (SSSR count). The molecule has 1 aliphatic carbocycles. The van der Waals surface area contributed by atoms with Crippen molar-refractivity contribution in [3.05, 3.63) is 0 Å². The topological polar surface area (TPSA) is 35.8 Å². The standard InChI is InChI=1S/C12H20N2/c13-9-12(10-3-1-2-4-10)11-5-7-14-8-6-11/h10-12,14H,1-8H2. The third-order valence-corrected chi connectivity index (χ3v) is 3.95. The molecular formula is C12H20N2. The second-order valence-electron chi connectivity index (χ2n) is 4.79. The lowest BCUT2D eigenvalue weighted by atomic mass is 9.77. The second kappa shape index (κ2) is 4.79. The van der Waals surface area contributed by atoms with Crippen molar-refractivity contribution >= 4 is 0 Å². The summed E-state index contributed by atoms with van der Waals surface area (Å²) in [7, 11) is 0. The Kier molecular flexibility index (Phi) is 3.42. The summed E-state index contributed by atoms with van der Waals surface area (Å²) in [6, 6.07) is 2.59. The average Bonchev–Trinajstić information content (AvgIpc) is 2.74. The van der Waals surface area contributed by atoms with E-state index < -0.39 is 0 Å². The quantitative estimate of drug-likeness (QED) is 0.728. The highest BCUT2D eigenvalue weighted by atomic mass is 14.9. The van der Waals surface area contributed by atoms with Crippen LogP contribution >= 0.6 is 0 Å². The summed E-state index contributed by atoms with van der Waals surface area (Å²) >= 11 is 0. The highest BCUT2D eigenvalue weighted by molar-refractivity contribution is 4.95. The zero-order chi connectivity index (χ0) is 9.80. The first kappa shape index (κ1) is 9.98. The molecular weight excluding hydrogens is 172 g/mol. The average molecular weight is 192 g/mol. The molecule has 0 amide bonds. The van der Waals surface area contributed by atoms with Gasteiger partial charge >= 0.3 is 0 Å². The van der Waals surface area contributed by atoms with Gasteiger partial charge in [-0.25, -0.2) is 0 Å². The molecule has 1 unspecified atom stereocenters. The van der Waals surface area contributed by atoms with E-state index in [0.717, 1.165) is 19.0 Å². The Bertz CT molecular complexity index is 207. The van der Waals surface area contributed by atoms with Gasteiger partial charge in [0.05, 0.1) is 12.0 Å². The third-order valence-electron chi connectivity index (χ3n) is 3.95. The van der Waals surface area contributed by atoms with Crippen molar-refractivity contribution in [2.75, 3.05) is 13.1 Å². The lowest BCUT2D eigenvalue weighted by Crippen LogP contribution is -2.33. The highest BCUT2D eigenvalue weighted by Gasteiger charge is 2.31. The summed E-state index contributed by atoms with van der Waals surface area (Å²) in [4.78, 5) is 0. The van der Waals surface area contributed by atoms with Gasteiger partial charge in [-0.15, -0.1) is 0 Å². The molecule has 1 N–H and O–H groups in total. The maximum Gasteiger partial charge on any atom is 0.0661 e. The van der Waals surface area contributed by atoms with E-state index in [2.05, 4.69) is 11.4 Å². The third kappa shape index (κ3) is 2.09. The largest absolute Gasteiger partial charge is 0.317 e. The molecule has 2 nitrogen and oxygen atoms in total. The smallest absolute Gasteiger partial charge is 0.0661 e. The molecule has 14 heavy (non-hydrogen) atoms. The Morgan fingerprint density at radius 1 is 1.00 bits per heavy atom. The fourth-order valence-corrected chi connectivity index (χ4v) is 3.12. The first-order valence-electron chi connectivity index (χ1n) is 6.02. The van der Waals surface area contributed by atoms with Crippen molar-refractivity contribution in [3.63, 3.8) is 0 Å². The van der Waals surface area contributed by atoms with Crippen LogP contribution in [0.1, 0.15) is 38.5 Å². The summed E-state index contributed by atoms with van der Waals surface area (Å²) in [5.74, 6) is 1.77. The van der Waals surface area contributed by atoms with E-state index >= 15 is 0 Å². The lowest BCUT2D eigenvalue weighted by Gasteiger charge is -2.29. The Morgan fingerprint density at radius 3 is 2.14 bits per heavy atom. The predicted molar refractivity (Wildman–Crippen MR) is 56.7 cm³/mol. The number of hydrogen-bond donors (Lipinski definition) is 1. The Balaban J connectivity index is 1.93. The Labute approximate surface area is 86.7 Å². The predicted octanol–water partition coefficient (Wildman–Crippen LogP) is 2.32. The van der Waals surface area contributed by atoms with Gasteiger partial charge in [0.2, 0.25) is 0 Å². The second-order valence-corrected chi connectivity index (χ2v) is 4.79. The van der Waals surface area contributed by atoms with E-state index in [1.807, 2.05) is 0 Å². The Morgan fingerprint density at radius 2 is 1.57 bits per heavy atom. The number of piperidine rings is 1. The zero-order valence-corrected chi connectivity index (χ0v) is 8.84. The minimum atomic E-state index is 0.361. The molecule has 1 aliphatic heterocycles. The first-order chi connectivity index (χ1) is 6.92. The van der Waals surface area contributed by atoms with E-state index in [4.69, 9.17) is 0 Å². The molecule has 1 heterocycles. The van der Waals surface area contributed by atoms with E-state index in [0.29, 0.717) is 11.8 Å². The fourth-order valence-electron chi connectivity index (χ4n) is 3.12. The van der Waals surface area contributed by atoms with Crippen LogP contribution in [0.3, 0.4) is 0 Å². The summed E-state index contributed by atoms with van der Waals surface area (Å²) in [6.45, 7) is 2.24. The molecule has 0 aromatic heterocycles. The van der Waals surface area contributed by atoms with E-state index in [1.54, 1.807) is 0 Å². The summed E-state index contributed by atoms with van der Waals surface area (Å²) in [6.07, 6.45) is 7.76. The van der Waals surface area contributed by atoms with Crippen LogP contribution in [0.15, 0.2) is 0 Å². The first-order valence-corrected chi connectivity index (χ1v) is 6.02. The van der Waals surface area contributed by atoms with Crippen molar-refractivity contribution in [3.8, 4) is 6.07 Å². The highest BCUT2D eigenvalue weighted by Crippen LogP contribution is 2.37. The summed E-state index contributed by atoms with van der Waals surface area (Å²) in [5, 5.41) is 12.6. The molecule has 0 spiro atoms. The van der Waals surface area contributed by atoms with Crippen LogP contribution in [0.4, 0.5) is 0 Å². The molecule has 0 bridgehead atoms. The minimum absolute atomic E-state index is 0.361. The molecule has 1 atom stereocenters. The maximum atomic E-state index is 9.27. The minimum Gasteiger partial charge on any atom is -0.317 e. The number of rotatable bonds is 2. The van der Waals surface area contributed by atoms with E-state index in [1.165, 1.54) is 38.5 Å².